The van der Waals surface area contributed by atoms with Gasteiger partial charge in [0.15, 0.2) is 17.5 Å². The van der Waals surface area contributed by atoms with Gasteiger partial charge in [0.1, 0.15) is 0 Å². The van der Waals surface area contributed by atoms with Gasteiger partial charge in [0.25, 0.3) is 0 Å². The average Bonchev–Trinajstić information content (AvgIpc) is 4.02. The van der Waals surface area contributed by atoms with Gasteiger partial charge < -0.3 is 9.13 Å². The van der Waals surface area contributed by atoms with Crippen LogP contribution in [0.15, 0.2) is 268 Å². The molecule has 9 aromatic carbocycles. The van der Waals surface area contributed by atoms with E-state index in [0.29, 0.717) is 23.9 Å². The third-order valence-electron chi connectivity index (χ3n) is 14.4. The summed E-state index contributed by atoms with van der Waals surface area (Å²) in [5, 5.41) is 3.58. The molecule has 74 heavy (non-hydrogen) atoms. The lowest BCUT2D eigenvalue weighted by Gasteiger charge is -2.31. The van der Waals surface area contributed by atoms with Gasteiger partial charge >= 0.3 is 0 Å². The van der Waals surface area contributed by atoms with Crippen molar-refractivity contribution in [3.8, 4) is 50.7 Å². The molecule has 0 spiro atoms. The van der Waals surface area contributed by atoms with Crippen molar-refractivity contribution in [2.75, 3.05) is 0 Å². The number of hydrogen-bond acceptors (Lipinski definition) is 3. The van der Waals surface area contributed by atoms with E-state index < -0.39 is 0 Å². The third kappa shape index (κ3) is 8.16. The van der Waals surface area contributed by atoms with Crippen LogP contribution in [-0.4, -0.2) is 24.1 Å². The van der Waals surface area contributed by atoms with Gasteiger partial charge in [-0.3, -0.25) is 0 Å². The molecule has 5 nitrogen and oxygen atoms in total. The van der Waals surface area contributed by atoms with Crippen molar-refractivity contribution in [3.63, 3.8) is 0 Å². The molecular formula is C69H49N5. The molecule has 0 amide bonds. The number of benzene rings is 9. The Morgan fingerprint density at radius 1 is 0.432 bits per heavy atom. The predicted molar refractivity (Wildman–Crippen MR) is 308 cm³/mol. The molecule has 0 aliphatic heterocycles. The van der Waals surface area contributed by atoms with Crippen molar-refractivity contribution in [2.24, 2.45) is 0 Å². The first kappa shape index (κ1) is 44.2. The molecule has 0 saturated carbocycles. The zero-order chi connectivity index (χ0) is 49.4. The highest BCUT2D eigenvalue weighted by molar-refractivity contribution is 6.13. The van der Waals surface area contributed by atoms with E-state index in [1.807, 2.05) is 24.3 Å². The predicted octanol–water partition coefficient (Wildman–Crippen LogP) is 17.4. The minimum atomic E-state index is -0.101. The molecule has 0 bridgehead atoms. The second kappa shape index (κ2) is 19.1. The minimum absolute atomic E-state index is 0.101. The fourth-order valence-corrected chi connectivity index (χ4v) is 10.8. The van der Waals surface area contributed by atoms with Gasteiger partial charge in [-0.05, 0) is 75.7 Å². The van der Waals surface area contributed by atoms with E-state index in [2.05, 4.69) is 259 Å². The lowest BCUT2D eigenvalue weighted by Crippen LogP contribution is -2.16. The summed E-state index contributed by atoms with van der Waals surface area (Å²) in [5.74, 6) is 1.81. The first-order valence-electron chi connectivity index (χ1n) is 25.2. The second-order valence-corrected chi connectivity index (χ2v) is 18.8. The van der Waals surface area contributed by atoms with Gasteiger partial charge in [-0.1, -0.05) is 237 Å². The van der Waals surface area contributed by atoms with E-state index in [-0.39, 0.29) is 5.92 Å². The highest BCUT2D eigenvalue weighted by Crippen LogP contribution is 2.49. The number of para-hydroxylation sites is 2. The molecule has 1 unspecified atom stereocenters. The van der Waals surface area contributed by atoms with Gasteiger partial charge in [-0.15, -0.1) is 0 Å². The Morgan fingerprint density at radius 3 is 1.53 bits per heavy atom. The third-order valence-corrected chi connectivity index (χ3v) is 14.4. The zero-order valence-corrected chi connectivity index (χ0v) is 40.6. The quantitative estimate of drug-likeness (QED) is 0.121. The van der Waals surface area contributed by atoms with E-state index in [4.69, 9.17) is 15.0 Å². The second-order valence-electron chi connectivity index (χ2n) is 18.8. The van der Waals surface area contributed by atoms with Crippen LogP contribution in [0.3, 0.4) is 0 Å². The fourth-order valence-electron chi connectivity index (χ4n) is 10.8. The fraction of sp³-hybridized carbons (Fsp3) is 0.0290. The Labute approximate surface area is 430 Å². The molecule has 1 aliphatic rings. The molecule has 12 aromatic rings. The highest BCUT2D eigenvalue weighted by Gasteiger charge is 2.32. The Morgan fingerprint density at radius 2 is 0.919 bits per heavy atom. The molecule has 1 aliphatic carbocycles. The van der Waals surface area contributed by atoms with Gasteiger partial charge in [0, 0.05) is 61.9 Å². The standard InChI is InChI=1S/C69H49N5/c1-2-3-20-55-46-73(63-31-18-16-29-58(55)63)57-41-42-60-59-30-17-19-32-64(59)74(65(60)45-57)66-61(51-25-12-6-13-26-51)43-56(44-62(66)52-27-14-7-15-28-52)69-71-67(53-37-33-49(34-38-53)47-21-8-4-9-22-47)70-68(72-69)54-39-35-50(36-40-54)48-23-10-5-11-24-48/h2-43,45-46,62H,1,44H2/b20-3-. The van der Waals surface area contributed by atoms with Crippen LogP contribution in [0.25, 0.3) is 106 Å². The van der Waals surface area contributed by atoms with E-state index in [1.54, 1.807) is 0 Å². The maximum Gasteiger partial charge on any atom is 0.164 e. The summed E-state index contributed by atoms with van der Waals surface area (Å²) in [5.41, 5.74) is 17.8. The van der Waals surface area contributed by atoms with Gasteiger partial charge in [-0.2, -0.15) is 0 Å². The monoisotopic (exact) mass is 947 g/mol. The summed E-state index contributed by atoms with van der Waals surface area (Å²) in [6.07, 6.45) is 11.2. The van der Waals surface area contributed by atoms with Crippen molar-refractivity contribution < 1.29 is 0 Å². The van der Waals surface area contributed by atoms with E-state index in [0.717, 1.165) is 77.9 Å². The molecule has 350 valence electrons. The molecule has 0 N–H and O–H groups in total. The van der Waals surface area contributed by atoms with Crippen LogP contribution in [0.1, 0.15) is 34.9 Å². The number of nitrogens with zero attached hydrogens (tertiary/aromatic N) is 5. The lowest BCUT2D eigenvalue weighted by atomic mass is 9.80. The molecular weight excluding hydrogens is 899 g/mol. The van der Waals surface area contributed by atoms with Crippen LogP contribution in [0, 0.1) is 0 Å². The van der Waals surface area contributed by atoms with Crippen LogP contribution >= 0.6 is 0 Å². The summed E-state index contributed by atoms with van der Waals surface area (Å²) >= 11 is 0. The molecule has 5 heteroatoms. The Bertz CT molecular complexity index is 4020. The van der Waals surface area contributed by atoms with Crippen LogP contribution in [0.2, 0.25) is 0 Å². The van der Waals surface area contributed by atoms with Crippen molar-refractivity contribution in [3.05, 3.63) is 290 Å². The maximum absolute atomic E-state index is 5.42. The van der Waals surface area contributed by atoms with Gasteiger partial charge in [0.2, 0.25) is 0 Å². The first-order valence-corrected chi connectivity index (χ1v) is 25.2. The van der Waals surface area contributed by atoms with E-state index >= 15 is 0 Å². The molecule has 0 saturated heterocycles. The SMILES string of the molecule is C=C/C=C\c1cn(-c2ccc3c4ccccc4n(C4=C(c5ccccc5)C=C(c5nc(-c6ccc(-c7ccccc7)cc6)nc(-c6ccc(-c7ccccc7)cc6)n5)CC4c4ccccc4)c3c2)c2ccccc12. The first-order chi connectivity index (χ1) is 36.6. The maximum atomic E-state index is 5.42. The highest BCUT2D eigenvalue weighted by atomic mass is 15.0. The Kier molecular flexibility index (Phi) is 11.4. The molecule has 3 heterocycles. The van der Waals surface area contributed by atoms with Crippen LogP contribution in [0.4, 0.5) is 0 Å². The lowest BCUT2D eigenvalue weighted by molar-refractivity contribution is 0.835. The van der Waals surface area contributed by atoms with Crippen molar-refractivity contribution in [1.29, 1.82) is 0 Å². The van der Waals surface area contributed by atoms with E-state index in [9.17, 15) is 0 Å². The van der Waals surface area contributed by atoms with Crippen molar-refractivity contribution in [2.45, 2.75) is 12.3 Å². The smallest absolute Gasteiger partial charge is 0.164 e. The topological polar surface area (TPSA) is 48.5 Å². The van der Waals surface area contributed by atoms with Gasteiger partial charge in [-0.25, -0.2) is 15.0 Å². The number of fused-ring (bicyclic) bond motifs is 4. The number of hydrogen-bond donors (Lipinski definition) is 0. The van der Waals surface area contributed by atoms with Gasteiger partial charge in [0.05, 0.1) is 16.6 Å². The van der Waals surface area contributed by atoms with Crippen LogP contribution < -0.4 is 0 Å². The molecule has 3 aromatic heterocycles. The number of rotatable bonds is 11. The summed E-state index contributed by atoms with van der Waals surface area (Å²) in [6.45, 7) is 3.95. The average molecular weight is 948 g/mol. The number of allylic oxidation sites excluding steroid dienone is 6. The molecule has 0 radical (unpaired) electrons. The number of aromatic nitrogens is 5. The van der Waals surface area contributed by atoms with Crippen LogP contribution in [-0.2, 0) is 0 Å². The zero-order valence-electron chi connectivity index (χ0n) is 40.6. The Balaban J connectivity index is 1.04. The Hall–Kier alpha value is -9.71. The summed E-state index contributed by atoms with van der Waals surface area (Å²) < 4.78 is 4.86. The molecule has 13 rings (SSSR count). The molecule has 0 fully saturated rings. The normalized spacial score (nSPS) is 13.8. The van der Waals surface area contributed by atoms with Crippen molar-refractivity contribution >= 4 is 55.6 Å². The van der Waals surface area contributed by atoms with Crippen LogP contribution in [0.5, 0.6) is 0 Å². The summed E-state index contributed by atoms with van der Waals surface area (Å²) in [4.78, 5) is 16.1. The van der Waals surface area contributed by atoms with E-state index in [1.165, 1.54) is 27.4 Å². The largest absolute Gasteiger partial charge is 0.316 e. The molecule has 1 atom stereocenters. The van der Waals surface area contributed by atoms with Crippen molar-refractivity contribution in [1.82, 2.24) is 24.1 Å². The summed E-state index contributed by atoms with van der Waals surface area (Å²) in [7, 11) is 0. The summed E-state index contributed by atoms with van der Waals surface area (Å²) in [6, 6.07) is 84.3. The minimum Gasteiger partial charge on any atom is -0.316 e.